The predicted octanol–water partition coefficient (Wildman–Crippen LogP) is 4.04. The average Bonchev–Trinajstić information content (AvgIpc) is 3.62. The number of rotatable bonds is 10. The van der Waals surface area contributed by atoms with Crippen molar-refractivity contribution in [3.8, 4) is 0 Å². The summed E-state index contributed by atoms with van der Waals surface area (Å²) in [6, 6.07) is 0. The summed E-state index contributed by atoms with van der Waals surface area (Å²) in [6.45, 7) is 14.6. The van der Waals surface area contributed by atoms with E-state index in [0.717, 1.165) is 19.3 Å². The highest BCUT2D eigenvalue weighted by molar-refractivity contribution is 5.92. The number of ether oxygens (including phenoxy) is 5. The van der Waals surface area contributed by atoms with Gasteiger partial charge < -0.3 is 29.0 Å². The lowest BCUT2D eigenvalue weighted by atomic mass is 9.45. The monoisotopic (exact) mass is 591 g/mol. The van der Waals surface area contributed by atoms with Crippen LogP contribution >= 0.6 is 0 Å². The second-order valence-corrected chi connectivity index (χ2v) is 14.0. The average molecular weight is 592 g/mol. The summed E-state index contributed by atoms with van der Waals surface area (Å²) in [5.74, 6) is -1.29. The van der Waals surface area contributed by atoms with E-state index in [2.05, 4.69) is 19.2 Å². The number of carbonyl (C=O) groups excluding carboxylic acids is 4. The number of hydrogen-bond acceptors (Lipinski definition) is 10. The fraction of sp³-hybridized carbons (Fsp3) is 0.812. The largest absolute Gasteiger partial charge is 0.465 e. The third kappa shape index (κ3) is 6.69. The van der Waals surface area contributed by atoms with Gasteiger partial charge in [0.25, 0.3) is 0 Å². The van der Waals surface area contributed by atoms with Crippen LogP contribution in [0.2, 0.25) is 0 Å². The lowest BCUT2D eigenvalue weighted by Crippen LogP contribution is -2.61. The van der Waals surface area contributed by atoms with Crippen LogP contribution in [-0.2, 0) is 42.9 Å². The molecule has 2 aliphatic heterocycles. The van der Waals surface area contributed by atoms with Gasteiger partial charge in [-0.25, -0.2) is 4.79 Å². The van der Waals surface area contributed by atoms with Crippen molar-refractivity contribution in [2.75, 3.05) is 26.4 Å². The number of esters is 4. The molecule has 4 aliphatic rings. The first-order chi connectivity index (χ1) is 19.7. The first-order valence-corrected chi connectivity index (χ1v) is 15.5. The Hall–Kier alpha value is -2.46. The van der Waals surface area contributed by atoms with Crippen molar-refractivity contribution in [1.29, 1.82) is 0 Å². The normalized spacial score (nSPS) is 36.7. The Morgan fingerprint density at radius 1 is 1.02 bits per heavy atom. The smallest absolute Gasteiger partial charge is 0.337 e. The minimum atomic E-state index is -0.752. The molecule has 4 rings (SSSR count). The zero-order valence-electron chi connectivity index (χ0n) is 26.3. The van der Waals surface area contributed by atoms with Crippen LogP contribution < -0.4 is 5.32 Å². The Bertz CT molecular complexity index is 1090. The third-order valence-electron chi connectivity index (χ3n) is 10.0. The summed E-state index contributed by atoms with van der Waals surface area (Å²) in [4.78, 5) is 49.9. The zero-order valence-corrected chi connectivity index (χ0v) is 26.3. The van der Waals surface area contributed by atoms with Crippen molar-refractivity contribution in [3.05, 3.63) is 11.6 Å². The minimum absolute atomic E-state index is 0.00344. The Morgan fingerprint density at radius 2 is 1.71 bits per heavy atom. The van der Waals surface area contributed by atoms with Crippen molar-refractivity contribution in [1.82, 2.24) is 5.32 Å². The van der Waals surface area contributed by atoms with Crippen LogP contribution in [0, 0.1) is 22.7 Å². The molecular weight excluding hydrogens is 542 g/mol. The van der Waals surface area contributed by atoms with Gasteiger partial charge in [-0.05, 0) is 70.1 Å². The van der Waals surface area contributed by atoms with E-state index in [-0.39, 0.29) is 79.0 Å². The van der Waals surface area contributed by atoms with Gasteiger partial charge in [0.05, 0.1) is 24.3 Å². The molecule has 1 unspecified atom stereocenters. The molecule has 2 heterocycles. The minimum Gasteiger partial charge on any atom is -0.465 e. The van der Waals surface area contributed by atoms with Gasteiger partial charge in [-0.15, -0.1) is 0 Å². The maximum Gasteiger partial charge on any atom is 0.337 e. The number of epoxide rings is 1. The van der Waals surface area contributed by atoms with Crippen LogP contribution in [0.25, 0.3) is 0 Å². The number of carbonyl (C=O) groups is 4. The molecule has 2 saturated carbocycles. The fourth-order valence-electron chi connectivity index (χ4n) is 7.60. The fourth-order valence-corrected chi connectivity index (χ4v) is 7.60. The topological polar surface area (TPSA) is 130 Å². The first-order valence-electron chi connectivity index (χ1n) is 15.5. The number of allylic oxidation sites excluding steroid dienone is 1. The van der Waals surface area contributed by atoms with E-state index >= 15 is 0 Å². The molecular formula is C32H49NO9. The van der Waals surface area contributed by atoms with Crippen molar-refractivity contribution in [3.63, 3.8) is 0 Å². The van der Waals surface area contributed by atoms with Crippen molar-refractivity contribution < 1.29 is 42.9 Å². The van der Waals surface area contributed by atoms with Gasteiger partial charge in [0.15, 0.2) is 6.10 Å². The second kappa shape index (κ2) is 12.3. The van der Waals surface area contributed by atoms with Gasteiger partial charge in [-0.2, -0.15) is 0 Å². The summed E-state index contributed by atoms with van der Waals surface area (Å²) in [7, 11) is 0. The summed E-state index contributed by atoms with van der Waals surface area (Å²) in [6.07, 6.45) is 5.00. The molecule has 10 nitrogen and oxygen atoms in total. The van der Waals surface area contributed by atoms with E-state index in [1.807, 2.05) is 26.8 Å². The van der Waals surface area contributed by atoms with E-state index in [1.54, 1.807) is 13.8 Å². The molecule has 2 aliphatic carbocycles. The molecule has 0 aromatic carbocycles. The molecule has 42 heavy (non-hydrogen) atoms. The van der Waals surface area contributed by atoms with Gasteiger partial charge in [0.1, 0.15) is 19.3 Å². The molecule has 0 aromatic heterocycles. The van der Waals surface area contributed by atoms with Crippen LogP contribution in [0.4, 0.5) is 0 Å². The number of cyclic esters (lactones) is 1. The summed E-state index contributed by atoms with van der Waals surface area (Å²) < 4.78 is 28.8. The predicted molar refractivity (Wildman–Crippen MR) is 153 cm³/mol. The van der Waals surface area contributed by atoms with Crippen LogP contribution in [-0.4, -0.2) is 73.6 Å². The number of hydrogen-bond donors (Lipinski definition) is 1. The quantitative estimate of drug-likeness (QED) is 0.172. The van der Waals surface area contributed by atoms with Crippen LogP contribution in [0.5, 0.6) is 0 Å². The molecule has 1 N–H and O–H groups in total. The molecule has 10 heteroatoms. The van der Waals surface area contributed by atoms with E-state index in [4.69, 9.17) is 23.7 Å². The molecule has 2 saturated heterocycles. The van der Waals surface area contributed by atoms with Crippen LogP contribution in [0.1, 0.15) is 93.4 Å². The summed E-state index contributed by atoms with van der Waals surface area (Å²) >= 11 is 0. The molecule has 1 spiro atoms. The molecule has 0 bridgehead atoms. The maximum atomic E-state index is 12.7. The Balaban J connectivity index is 1.58. The molecule has 4 fully saturated rings. The lowest BCUT2D eigenvalue weighted by molar-refractivity contribution is -0.203. The maximum absolute atomic E-state index is 12.7. The van der Waals surface area contributed by atoms with Crippen molar-refractivity contribution in [2.24, 2.45) is 22.7 Å². The lowest BCUT2D eigenvalue weighted by Gasteiger charge is -2.61. The van der Waals surface area contributed by atoms with Crippen LogP contribution in [0.3, 0.4) is 0 Å². The number of nitrogens with one attached hydrogen (secondary N) is 1. The van der Waals surface area contributed by atoms with Crippen molar-refractivity contribution in [2.45, 2.75) is 117 Å². The Labute approximate surface area is 249 Å². The summed E-state index contributed by atoms with van der Waals surface area (Å²) in [5.41, 5.74) is -0.982. The highest BCUT2D eigenvalue weighted by atomic mass is 16.6. The van der Waals surface area contributed by atoms with Gasteiger partial charge in [0.2, 0.25) is 0 Å². The van der Waals surface area contributed by atoms with E-state index < -0.39 is 23.5 Å². The first kappa shape index (κ1) is 32.5. The van der Waals surface area contributed by atoms with E-state index in [0.29, 0.717) is 25.0 Å². The molecule has 7 atom stereocenters. The SMILES string of the molecule is CCC(=O)OC[C@@]1(C)C2CC[C@]3(CO3)[C@H](C/C=C3/C(=O)OC[C@H]3OC(=O)CNC(C)(C)C)[C@@]2(C)CC[C@H]1OC(=O)CC. The van der Waals surface area contributed by atoms with Crippen molar-refractivity contribution >= 4 is 23.9 Å². The molecule has 0 aromatic rings. The highest BCUT2D eigenvalue weighted by Gasteiger charge is 2.67. The van der Waals surface area contributed by atoms with E-state index in [1.165, 1.54) is 0 Å². The van der Waals surface area contributed by atoms with Gasteiger partial charge in [-0.3, -0.25) is 14.4 Å². The van der Waals surface area contributed by atoms with Gasteiger partial charge in [0, 0.05) is 23.8 Å². The van der Waals surface area contributed by atoms with Gasteiger partial charge >= 0.3 is 23.9 Å². The number of fused-ring (bicyclic) bond motifs is 1. The van der Waals surface area contributed by atoms with Gasteiger partial charge in [-0.1, -0.05) is 33.8 Å². The second-order valence-electron chi connectivity index (χ2n) is 14.0. The molecule has 0 radical (unpaired) electrons. The Kier molecular flexibility index (Phi) is 9.48. The van der Waals surface area contributed by atoms with E-state index in [9.17, 15) is 19.2 Å². The van der Waals surface area contributed by atoms with Crippen LogP contribution in [0.15, 0.2) is 11.6 Å². The zero-order chi connectivity index (χ0) is 30.9. The molecule has 236 valence electrons. The summed E-state index contributed by atoms with van der Waals surface area (Å²) in [5, 5.41) is 3.11. The standard InChI is InChI=1S/C32H49NO9/c1-8-25(34)39-18-31(7)22-12-15-32(19-40-32)23(30(22,6)14-13-24(31)42-26(35)9-2)11-10-20-21(17-38-28(20)37)41-27(36)16-33-29(3,4)5/h10,21-24,33H,8-9,11-19H2,1-7H3/b20-10+/t21-,22?,23-,24-,30+,31+,32+/m1/s1. The highest BCUT2D eigenvalue weighted by Crippen LogP contribution is 2.66. The Morgan fingerprint density at radius 3 is 2.33 bits per heavy atom. The molecule has 0 amide bonds. The third-order valence-corrected chi connectivity index (χ3v) is 10.0.